The molecule has 2 aliphatic rings. The second-order valence-electron chi connectivity index (χ2n) is 11.9. The Kier molecular flexibility index (Phi) is 4.54. The van der Waals surface area contributed by atoms with E-state index in [-0.39, 0.29) is 12.0 Å². The van der Waals surface area contributed by atoms with Gasteiger partial charge < -0.3 is 18.3 Å². The highest BCUT2D eigenvalue weighted by Gasteiger charge is 2.36. The Balaban J connectivity index is 1.07. The van der Waals surface area contributed by atoms with Gasteiger partial charge in [-0.25, -0.2) is 0 Å². The number of nitrogens with zero attached hydrogens (tertiary/aromatic N) is 6. The van der Waals surface area contributed by atoms with Crippen molar-refractivity contribution in [2.24, 2.45) is 0 Å². The van der Waals surface area contributed by atoms with Crippen molar-refractivity contribution in [3.05, 3.63) is 128 Å². The molecule has 1 aliphatic carbocycles. The number of benzene rings is 2. The standard InChI is InChI=1S/C38H22N6O2/c1-5-35-27(15-21(1)43-31-9-13-39-17-29(31)23-7-11-41-19-33(23)43)25-3-4-26-28-16-22(2-6-36(28)46-38(26)37(25)45-35)44-32-10-14-40-18-30(32)24-8-12-42-20-34(24)44/h1-20,27,35H. The molecule has 1 aliphatic heterocycles. The third kappa shape index (κ3) is 3.07. The van der Waals surface area contributed by atoms with E-state index in [0.29, 0.717) is 0 Å². The van der Waals surface area contributed by atoms with Crippen LogP contribution >= 0.6 is 0 Å². The van der Waals surface area contributed by atoms with Crippen molar-refractivity contribution < 1.29 is 9.15 Å². The van der Waals surface area contributed by atoms with Crippen LogP contribution in [-0.2, 0) is 0 Å². The summed E-state index contributed by atoms with van der Waals surface area (Å²) in [6.07, 6.45) is 21.5. The smallest absolute Gasteiger partial charge is 0.177 e. The number of fused-ring (bicyclic) bond motifs is 13. The van der Waals surface area contributed by atoms with Gasteiger partial charge in [0.25, 0.3) is 0 Å². The van der Waals surface area contributed by atoms with Gasteiger partial charge in [-0.15, -0.1) is 0 Å². The van der Waals surface area contributed by atoms with Gasteiger partial charge in [0.1, 0.15) is 11.7 Å². The average Bonchev–Trinajstić information content (AvgIpc) is 3.85. The van der Waals surface area contributed by atoms with Crippen molar-refractivity contribution in [3.63, 3.8) is 0 Å². The van der Waals surface area contributed by atoms with E-state index < -0.39 is 0 Å². The minimum atomic E-state index is -0.111. The molecule has 2 unspecified atom stereocenters. The Bertz CT molecular complexity index is 2710. The highest BCUT2D eigenvalue weighted by atomic mass is 16.5. The first-order chi connectivity index (χ1) is 22.8. The number of aromatic nitrogens is 6. The summed E-state index contributed by atoms with van der Waals surface area (Å²) in [7, 11) is 0. The molecule has 0 bridgehead atoms. The molecule has 11 rings (SSSR count). The van der Waals surface area contributed by atoms with E-state index in [1.165, 1.54) is 0 Å². The monoisotopic (exact) mass is 594 g/mol. The van der Waals surface area contributed by atoms with Crippen molar-refractivity contribution in [1.29, 1.82) is 0 Å². The van der Waals surface area contributed by atoms with Gasteiger partial charge >= 0.3 is 0 Å². The molecule has 2 aromatic carbocycles. The molecule has 216 valence electrons. The van der Waals surface area contributed by atoms with Crippen molar-refractivity contribution in [2.45, 2.75) is 12.0 Å². The Morgan fingerprint density at radius 2 is 1.28 bits per heavy atom. The maximum Gasteiger partial charge on any atom is 0.177 e. The van der Waals surface area contributed by atoms with Crippen LogP contribution in [0, 0.1) is 0 Å². The van der Waals surface area contributed by atoms with E-state index in [0.717, 1.165) is 88.2 Å². The number of rotatable bonds is 2. The third-order valence-electron chi connectivity index (χ3n) is 9.64. The first-order valence-electron chi connectivity index (χ1n) is 15.2. The minimum absolute atomic E-state index is 0.0490. The maximum absolute atomic E-state index is 6.63. The van der Waals surface area contributed by atoms with Gasteiger partial charge in [-0.2, -0.15) is 0 Å². The predicted molar refractivity (Wildman–Crippen MR) is 179 cm³/mol. The van der Waals surface area contributed by atoms with Gasteiger partial charge in [-0.05, 0) is 66.8 Å². The summed E-state index contributed by atoms with van der Waals surface area (Å²) in [4.78, 5) is 17.6. The normalized spacial score (nSPS) is 17.3. The molecule has 0 fully saturated rings. The Labute approximate surface area is 260 Å². The van der Waals surface area contributed by atoms with Gasteiger partial charge in [0.05, 0.1) is 34.5 Å². The largest absolute Gasteiger partial charge is 0.481 e. The lowest BCUT2D eigenvalue weighted by molar-refractivity contribution is 0.269. The summed E-state index contributed by atoms with van der Waals surface area (Å²) in [6, 6.07) is 18.9. The quantitative estimate of drug-likeness (QED) is 0.200. The van der Waals surface area contributed by atoms with E-state index in [4.69, 9.17) is 9.15 Å². The van der Waals surface area contributed by atoms with Crippen LogP contribution in [0.1, 0.15) is 11.5 Å². The molecule has 7 aromatic heterocycles. The second-order valence-corrected chi connectivity index (χ2v) is 11.9. The van der Waals surface area contributed by atoms with E-state index in [1.54, 1.807) is 0 Å². The lowest BCUT2D eigenvalue weighted by atomic mass is 9.90. The highest BCUT2D eigenvalue weighted by Crippen LogP contribution is 2.49. The van der Waals surface area contributed by atoms with Crippen LogP contribution in [0.5, 0.6) is 5.75 Å². The van der Waals surface area contributed by atoms with Crippen LogP contribution in [0.3, 0.4) is 0 Å². The van der Waals surface area contributed by atoms with Crippen molar-refractivity contribution >= 4 is 71.2 Å². The molecule has 0 spiro atoms. The number of allylic oxidation sites excluding steroid dienone is 2. The van der Waals surface area contributed by atoms with E-state index in [9.17, 15) is 0 Å². The molecular weight excluding hydrogens is 572 g/mol. The zero-order chi connectivity index (χ0) is 29.9. The highest BCUT2D eigenvalue weighted by molar-refractivity contribution is 6.12. The number of ether oxygens (including phenoxy) is 1. The van der Waals surface area contributed by atoms with Gasteiger partial charge in [-0.1, -0.05) is 6.07 Å². The zero-order valence-electron chi connectivity index (χ0n) is 24.2. The van der Waals surface area contributed by atoms with Crippen molar-refractivity contribution in [1.82, 2.24) is 29.1 Å². The molecule has 8 nitrogen and oxygen atoms in total. The SMILES string of the molecule is C1=CC2Oc3c(ccc4c3oc3ccc(-n5c6ccncc6c6ccncc65)cc34)C2C=C1n1c2ccncc2c2ccncc21. The van der Waals surface area contributed by atoms with Crippen LogP contribution in [0.4, 0.5) is 0 Å². The Morgan fingerprint density at radius 1 is 0.587 bits per heavy atom. The molecule has 0 saturated heterocycles. The Hall–Kier alpha value is -6.28. The first-order valence-corrected chi connectivity index (χ1v) is 15.2. The fourth-order valence-electron chi connectivity index (χ4n) is 7.63. The topological polar surface area (TPSA) is 83.8 Å². The molecular formula is C38H22N6O2. The fraction of sp³-hybridized carbons (Fsp3) is 0.0526. The number of furan rings is 1. The number of hydrogen-bond acceptors (Lipinski definition) is 6. The summed E-state index contributed by atoms with van der Waals surface area (Å²) < 4.78 is 17.7. The number of pyridine rings is 4. The Morgan fingerprint density at radius 3 is 2.07 bits per heavy atom. The molecule has 0 amide bonds. The van der Waals surface area contributed by atoms with E-state index in [2.05, 4.69) is 95.8 Å². The maximum atomic E-state index is 6.63. The van der Waals surface area contributed by atoms with Crippen LogP contribution in [0.2, 0.25) is 0 Å². The molecule has 0 radical (unpaired) electrons. The van der Waals surface area contributed by atoms with Crippen LogP contribution < -0.4 is 4.74 Å². The third-order valence-corrected chi connectivity index (χ3v) is 9.64. The minimum Gasteiger partial charge on any atom is -0.481 e. The van der Waals surface area contributed by atoms with Crippen molar-refractivity contribution in [3.8, 4) is 11.4 Å². The van der Waals surface area contributed by atoms with Crippen molar-refractivity contribution in [2.75, 3.05) is 0 Å². The van der Waals surface area contributed by atoms with Gasteiger partial charge in [-0.3, -0.25) is 19.9 Å². The van der Waals surface area contributed by atoms with Gasteiger partial charge in [0.2, 0.25) is 0 Å². The van der Waals surface area contributed by atoms with Crippen LogP contribution in [-0.4, -0.2) is 35.2 Å². The van der Waals surface area contributed by atoms with E-state index in [1.807, 2.05) is 55.6 Å². The summed E-state index contributed by atoms with van der Waals surface area (Å²) in [5, 5.41) is 6.54. The predicted octanol–water partition coefficient (Wildman–Crippen LogP) is 8.33. The van der Waals surface area contributed by atoms with Gasteiger partial charge in [0.15, 0.2) is 11.3 Å². The second kappa shape index (κ2) is 8.67. The summed E-state index contributed by atoms with van der Waals surface area (Å²) in [5.74, 6) is 0.862. The lowest BCUT2D eigenvalue weighted by Gasteiger charge is -2.20. The molecule has 9 aromatic rings. The molecule has 8 heteroatoms. The average molecular weight is 595 g/mol. The van der Waals surface area contributed by atoms with Crippen LogP contribution in [0.15, 0.2) is 127 Å². The summed E-state index contributed by atoms with van der Waals surface area (Å²) in [5.41, 5.74) is 9.13. The number of hydrogen-bond donors (Lipinski definition) is 0. The first kappa shape index (κ1) is 24.1. The molecule has 2 atom stereocenters. The molecule has 0 N–H and O–H groups in total. The molecule has 0 saturated carbocycles. The zero-order valence-corrected chi connectivity index (χ0v) is 24.2. The molecule has 46 heavy (non-hydrogen) atoms. The lowest BCUT2D eigenvalue weighted by Crippen LogP contribution is -2.18. The van der Waals surface area contributed by atoms with E-state index >= 15 is 0 Å². The molecule has 8 heterocycles. The van der Waals surface area contributed by atoms with Crippen LogP contribution in [0.25, 0.3) is 76.9 Å². The van der Waals surface area contributed by atoms with Gasteiger partial charge in [0, 0.05) is 92.4 Å². The fourth-order valence-corrected chi connectivity index (χ4v) is 7.63. The summed E-state index contributed by atoms with van der Waals surface area (Å²) >= 11 is 0. The summed E-state index contributed by atoms with van der Waals surface area (Å²) in [6.45, 7) is 0.